The van der Waals surface area contributed by atoms with E-state index >= 15 is 0 Å². The first-order chi connectivity index (χ1) is 17.4. The number of benzene rings is 1. The molecule has 1 fully saturated rings. The van der Waals surface area contributed by atoms with Crippen LogP contribution in [0, 0.1) is 0 Å². The second kappa shape index (κ2) is 7.64. The molecular formula is C25H21F3N6O3. The van der Waals surface area contributed by atoms with Crippen molar-refractivity contribution < 1.29 is 18.0 Å². The van der Waals surface area contributed by atoms with Gasteiger partial charge in [-0.05, 0) is 55.4 Å². The molecule has 2 N–H and O–H groups in total. The maximum atomic E-state index is 13.3. The highest BCUT2D eigenvalue weighted by molar-refractivity contribution is 6.07. The van der Waals surface area contributed by atoms with E-state index in [4.69, 9.17) is 0 Å². The number of hydrogen-bond acceptors (Lipinski definition) is 5. The molecule has 1 aromatic carbocycles. The second-order valence-electron chi connectivity index (χ2n) is 10.0. The molecule has 3 aromatic heterocycles. The van der Waals surface area contributed by atoms with Crippen LogP contribution in [0.4, 0.5) is 18.9 Å². The number of anilines is 1. The number of nitrogens with one attached hydrogen (secondary N) is 2. The largest absolute Gasteiger partial charge is 0.406 e. The van der Waals surface area contributed by atoms with Gasteiger partial charge in [0.05, 0.1) is 16.7 Å². The first-order valence-corrected chi connectivity index (χ1v) is 11.6. The van der Waals surface area contributed by atoms with E-state index in [2.05, 4.69) is 20.1 Å². The van der Waals surface area contributed by atoms with Crippen molar-refractivity contribution in [1.82, 2.24) is 24.6 Å². The standard InChI is InChI=1S/C25H21F3N6O3/c1-24(2)17-4-3-12(7-19(17)33(22(24)36)11-25(26,27)28)13-8-14(13)15-9-18(32-34-6-5-29-20(15)34)16-10-30-23(37)31-21(16)35/h3-7,9-10,13-14H,8,11H2,1-2H3,(H2,30,31,35,37)/t13-,14+/m1/s1. The summed E-state index contributed by atoms with van der Waals surface area (Å²) in [7, 11) is 0. The van der Waals surface area contributed by atoms with Crippen molar-refractivity contribution in [3.63, 3.8) is 0 Å². The molecule has 0 radical (unpaired) electrons. The molecule has 2 atom stereocenters. The van der Waals surface area contributed by atoms with Crippen molar-refractivity contribution in [2.75, 3.05) is 11.4 Å². The predicted molar refractivity (Wildman–Crippen MR) is 128 cm³/mol. The Bertz CT molecular complexity index is 1700. The van der Waals surface area contributed by atoms with E-state index in [0.717, 1.165) is 16.0 Å². The van der Waals surface area contributed by atoms with Gasteiger partial charge in [-0.3, -0.25) is 14.6 Å². The lowest BCUT2D eigenvalue weighted by Gasteiger charge is -2.21. The van der Waals surface area contributed by atoms with Gasteiger partial charge in [0.2, 0.25) is 5.91 Å². The van der Waals surface area contributed by atoms with Crippen LogP contribution in [0.2, 0.25) is 0 Å². The Morgan fingerprint density at radius 3 is 2.65 bits per heavy atom. The average Bonchev–Trinajstić information content (AvgIpc) is 3.44. The van der Waals surface area contributed by atoms with E-state index in [0.29, 0.717) is 23.3 Å². The lowest BCUT2D eigenvalue weighted by atomic mass is 9.85. The fourth-order valence-electron chi connectivity index (χ4n) is 5.28. The molecule has 9 nitrogen and oxygen atoms in total. The van der Waals surface area contributed by atoms with E-state index in [1.165, 1.54) is 6.20 Å². The number of carbonyl (C=O) groups is 1. The van der Waals surface area contributed by atoms with E-state index in [9.17, 15) is 27.6 Å². The van der Waals surface area contributed by atoms with Crippen LogP contribution < -0.4 is 16.1 Å². The Morgan fingerprint density at radius 1 is 1.14 bits per heavy atom. The van der Waals surface area contributed by atoms with Crippen LogP contribution in [0.1, 0.15) is 48.8 Å². The number of carbonyl (C=O) groups excluding carboxylic acids is 1. The summed E-state index contributed by atoms with van der Waals surface area (Å²) < 4.78 is 41.4. The highest BCUT2D eigenvalue weighted by atomic mass is 19.4. The number of amides is 1. The summed E-state index contributed by atoms with van der Waals surface area (Å²) in [5.74, 6) is -0.609. The zero-order chi connectivity index (χ0) is 26.3. The zero-order valence-electron chi connectivity index (χ0n) is 19.8. The number of nitrogens with zero attached hydrogens (tertiary/aromatic N) is 4. The molecule has 0 spiro atoms. The fraction of sp³-hybridized carbons (Fsp3) is 0.320. The average molecular weight is 510 g/mol. The van der Waals surface area contributed by atoms with Gasteiger partial charge in [0.25, 0.3) is 5.56 Å². The first kappa shape index (κ1) is 23.2. The number of H-pyrrole nitrogens is 2. The SMILES string of the molecule is CC1(C)C(=O)N(CC(F)(F)F)c2cc([C@H]3C[C@@H]3c3cc(-c4c[nH]c(=O)[nH]c4=O)nn4ccnc34)ccc21. The molecule has 0 unspecified atom stereocenters. The topological polar surface area (TPSA) is 116 Å². The molecule has 1 aliphatic heterocycles. The van der Waals surface area contributed by atoms with E-state index < -0.39 is 35.3 Å². The normalized spacial score (nSPS) is 20.5. The monoisotopic (exact) mass is 510 g/mol. The van der Waals surface area contributed by atoms with Gasteiger partial charge >= 0.3 is 11.9 Å². The fourth-order valence-corrected chi connectivity index (χ4v) is 5.28. The van der Waals surface area contributed by atoms with Crippen LogP contribution >= 0.6 is 0 Å². The summed E-state index contributed by atoms with van der Waals surface area (Å²) >= 11 is 0. The summed E-state index contributed by atoms with van der Waals surface area (Å²) in [6.45, 7) is 1.93. The first-order valence-electron chi connectivity index (χ1n) is 11.6. The number of hydrogen-bond donors (Lipinski definition) is 2. The minimum absolute atomic E-state index is 0.0125. The molecule has 2 aliphatic rings. The van der Waals surface area contributed by atoms with Crippen molar-refractivity contribution in [3.8, 4) is 11.3 Å². The Kier molecular flexibility index (Phi) is 4.79. The second-order valence-corrected chi connectivity index (χ2v) is 10.0. The number of halogens is 3. The molecule has 37 heavy (non-hydrogen) atoms. The van der Waals surface area contributed by atoms with Crippen molar-refractivity contribution in [2.24, 2.45) is 0 Å². The number of fused-ring (bicyclic) bond motifs is 2. The van der Waals surface area contributed by atoms with Gasteiger partial charge in [0.1, 0.15) is 6.54 Å². The van der Waals surface area contributed by atoms with Crippen LogP contribution in [0.15, 0.2) is 52.4 Å². The molecular weight excluding hydrogens is 489 g/mol. The third-order valence-electron chi connectivity index (χ3n) is 7.20. The molecule has 1 aliphatic carbocycles. The maximum Gasteiger partial charge on any atom is 0.406 e. The lowest BCUT2D eigenvalue weighted by Crippen LogP contribution is -2.41. The summed E-state index contributed by atoms with van der Waals surface area (Å²) in [5.41, 5.74) is 1.40. The van der Waals surface area contributed by atoms with Crippen LogP contribution in [-0.4, -0.2) is 43.2 Å². The van der Waals surface area contributed by atoms with Crippen molar-refractivity contribution in [1.29, 1.82) is 0 Å². The number of imidazole rings is 1. The highest BCUT2D eigenvalue weighted by Gasteiger charge is 2.49. The summed E-state index contributed by atoms with van der Waals surface area (Å²) in [5, 5.41) is 4.44. The summed E-state index contributed by atoms with van der Waals surface area (Å²) in [4.78, 5) is 46.5. The molecule has 1 saturated carbocycles. The number of aromatic nitrogens is 5. The van der Waals surface area contributed by atoms with Crippen LogP contribution in [0.25, 0.3) is 16.9 Å². The third kappa shape index (κ3) is 3.74. The summed E-state index contributed by atoms with van der Waals surface area (Å²) in [6.07, 6.45) is 0.725. The quantitative estimate of drug-likeness (QED) is 0.437. The maximum absolute atomic E-state index is 13.3. The van der Waals surface area contributed by atoms with Crippen molar-refractivity contribution in [2.45, 2.75) is 43.7 Å². The van der Waals surface area contributed by atoms with E-state index in [-0.39, 0.29) is 23.1 Å². The molecule has 6 rings (SSSR count). The van der Waals surface area contributed by atoms with Gasteiger partial charge in [0.15, 0.2) is 5.65 Å². The molecule has 12 heteroatoms. The smallest absolute Gasteiger partial charge is 0.313 e. The van der Waals surface area contributed by atoms with Crippen LogP contribution in [0.3, 0.4) is 0 Å². The van der Waals surface area contributed by atoms with Crippen molar-refractivity contribution in [3.05, 3.63) is 80.4 Å². The number of aromatic amines is 2. The molecule has 0 bridgehead atoms. The zero-order valence-corrected chi connectivity index (χ0v) is 19.8. The van der Waals surface area contributed by atoms with Gasteiger partial charge in [0, 0.05) is 29.8 Å². The Hall–Kier alpha value is -4.22. The Labute approximate surface area is 207 Å². The van der Waals surface area contributed by atoms with Gasteiger partial charge in [-0.15, -0.1) is 0 Å². The Morgan fingerprint density at radius 2 is 1.92 bits per heavy atom. The minimum atomic E-state index is -4.52. The van der Waals surface area contributed by atoms with Gasteiger partial charge in [-0.2, -0.15) is 18.3 Å². The molecule has 190 valence electrons. The van der Waals surface area contributed by atoms with Gasteiger partial charge < -0.3 is 9.88 Å². The van der Waals surface area contributed by atoms with Crippen LogP contribution in [0.5, 0.6) is 0 Å². The molecule has 4 heterocycles. The third-order valence-corrected chi connectivity index (χ3v) is 7.20. The van der Waals surface area contributed by atoms with Crippen molar-refractivity contribution >= 4 is 17.2 Å². The molecule has 4 aromatic rings. The highest BCUT2D eigenvalue weighted by Crippen LogP contribution is 2.57. The lowest BCUT2D eigenvalue weighted by molar-refractivity contribution is -0.134. The van der Waals surface area contributed by atoms with E-state index in [1.54, 1.807) is 49.0 Å². The number of rotatable bonds is 4. The predicted octanol–water partition coefficient (Wildman–Crippen LogP) is 3.23. The van der Waals surface area contributed by atoms with E-state index in [1.807, 2.05) is 6.07 Å². The summed E-state index contributed by atoms with van der Waals surface area (Å²) in [6, 6.07) is 7.06. The molecule has 0 saturated heterocycles. The van der Waals surface area contributed by atoms with Gasteiger partial charge in [-0.1, -0.05) is 12.1 Å². The molecule has 1 amide bonds. The minimum Gasteiger partial charge on any atom is -0.313 e. The number of alkyl halides is 3. The Balaban J connectivity index is 1.39. The van der Waals surface area contributed by atoms with Crippen LogP contribution in [-0.2, 0) is 10.2 Å². The van der Waals surface area contributed by atoms with Gasteiger partial charge in [-0.25, -0.2) is 14.3 Å².